The Bertz CT molecular complexity index is 213. The highest BCUT2D eigenvalue weighted by Gasteiger charge is 2.39. The van der Waals surface area contributed by atoms with Crippen molar-refractivity contribution in [2.75, 3.05) is 0 Å². The van der Waals surface area contributed by atoms with Crippen LogP contribution < -0.4 is 0 Å². The molecule has 0 aromatic carbocycles. The van der Waals surface area contributed by atoms with Gasteiger partial charge in [0.1, 0.15) is 5.78 Å². The average Bonchev–Trinajstić information content (AvgIpc) is 1.80. The molecule has 0 rings (SSSR count). The van der Waals surface area contributed by atoms with E-state index in [1.807, 2.05) is 41.5 Å². The minimum Gasteiger partial charge on any atom is -0.389 e. The van der Waals surface area contributed by atoms with E-state index in [2.05, 4.69) is 0 Å². The van der Waals surface area contributed by atoms with Gasteiger partial charge in [-0.25, -0.2) is 0 Å². The van der Waals surface area contributed by atoms with Gasteiger partial charge in [-0.3, -0.25) is 4.79 Å². The quantitative estimate of drug-likeness (QED) is 0.744. The first-order valence-electron chi connectivity index (χ1n) is 5.13. The first-order chi connectivity index (χ1) is 5.88. The molecular weight excluding hydrogens is 176 g/mol. The van der Waals surface area contributed by atoms with E-state index in [1.165, 1.54) is 0 Å². The Morgan fingerprint density at radius 3 is 1.57 bits per heavy atom. The summed E-state index contributed by atoms with van der Waals surface area (Å²) in [6, 6.07) is 0. The fraction of sp³-hybridized carbons (Fsp3) is 0.917. The summed E-state index contributed by atoms with van der Waals surface area (Å²) in [5.74, 6) is 0.109. The van der Waals surface area contributed by atoms with E-state index < -0.39 is 5.60 Å². The number of aliphatic hydroxyl groups is 1. The molecule has 84 valence electrons. The average molecular weight is 200 g/mol. The van der Waals surface area contributed by atoms with Crippen LogP contribution in [0.4, 0.5) is 0 Å². The number of Topliss-reactive ketones (excluding diaryl/α,β-unsaturated/α-hetero) is 1. The number of hydrogen-bond donors (Lipinski definition) is 1. The maximum Gasteiger partial charge on any atom is 0.141 e. The van der Waals surface area contributed by atoms with E-state index in [0.29, 0.717) is 0 Å². The minimum atomic E-state index is -0.933. The lowest BCUT2D eigenvalue weighted by molar-refractivity contribution is -0.135. The molecule has 0 aromatic rings. The molecule has 0 spiro atoms. The molecule has 2 heteroatoms. The summed E-state index contributed by atoms with van der Waals surface area (Å²) in [7, 11) is 0. The molecule has 0 bridgehead atoms. The Labute approximate surface area is 87.7 Å². The lowest BCUT2D eigenvalue weighted by Crippen LogP contribution is -2.43. The number of hydrogen-bond acceptors (Lipinski definition) is 2. The van der Waals surface area contributed by atoms with Crippen LogP contribution in [-0.4, -0.2) is 16.5 Å². The van der Waals surface area contributed by atoms with Gasteiger partial charge in [0, 0.05) is 11.8 Å². The van der Waals surface area contributed by atoms with E-state index in [-0.39, 0.29) is 23.0 Å². The molecule has 1 N–H and O–H groups in total. The third kappa shape index (κ3) is 3.41. The van der Waals surface area contributed by atoms with Crippen molar-refractivity contribution >= 4 is 5.78 Å². The predicted octanol–water partition coefficient (Wildman–Crippen LogP) is 2.79. The van der Waals surface area contributed by atoms with Crippen LogP contribution in [0.5, 0.6) is 0 Å². The van der Waals surface area contributed by atoms with Crippen LogP contribution in [0.1, 0.15) is 54.9 Å². The van der Waals surface area contributed by atoms with Crippen molar-refractivity contribution in [1.29, 1.82) is 0 Å². The molecule has 0 radical (unpaired) electrons. The maximum absolute atomic E-state index is 11.8. The van der Waals surface area contributed by atoms with Crippen LogP contribution in [0.25, 0.3) is 0 Å². The molecule has 1 atom stereocenters. The Kier molecular flexibility index (Phi) is 3.55. The molecule has 0 aliphatic carbocycles. The van der Waals surface area contributed by atoms with Crippen molar-refractivity contribution in [2.24, 2.45) is 10.8 Å². The molecule has 0 amide bonds. The summed E-state index contributed by atoms with van der Waals surface area (Å²) in [4.78, 5) is 11.8. The predicted molar refractivity (Wildman–Crippen MR) is 59.2 cm³/mol. The smallest absolute Gasteiger partial charge is 0.141 e. The Morgan fingerprint density at radius 1 is 1.00 bits per heavy atom. The summed E-state index contributed by atoms with van der Waals surface area (Å²) in [5.41, 5.74) is -1.57. The van der Waals surface area contributed by atoms with Gasteiger partial charge in [-0.15, -0.1) is 0 Å². The van der Waals surface area contributed by atoms with Crippen LogP contribution in [-0.2, 0) is 4.79 Å². The fourth-order valence-corrected chi connectivity index (χ4v) is 0.843. The zero-order valence-electron chi connectivity index (χ0n) is 10.6. The van der Waals surface area contributed by atoms with E-state index in [1.54, 1.807) is 6.92 Å². The second-order valence-electron chi connectivity index (χ2n) is 6.37. The number of carbonyl (C=O) groups is 1. The van der Waals surface area contributed by atoms with Gasteiger partial charge in [-0.2, -0.15) is 0 Å². The van der Waals surface area contributed by atoms with Crippen LogP contribution in [0.3, 0.4) is 0 Å². The summed E-state index contributed by atoms with van der Waals surface area (Å²) in [6.45, 7) is 13.2. The highest BCUT2D eigenvalue weighted by atomic mass is 16.3. The molecule has 0 saturated carbocycles. The molecule has 0 saturated heterocycles. The zero-order chi connectivity index (χ0) is 11.8. The van der Waals surface area contributed by atoms with Gasteiger partial charge in [0.2, 0.25) is 0 Å². The normalized spacial score (nSPS) is 17.7. The van der Waals surface area contributed by atoms with Crippen molar-refractivity contribution < 1.29 is 9.90 Å². The number of rotatable bonds is 2. The van der Waals surface area contributed by atoms with Crippen LogP contribution >= 0.6 is 0 Å². The first-order valence-corrected chi connectivity index (χ1v) is 5.13. The summed E-state index contributed by atoms with van der Waals surface area (Å²) < 4.78 is 0. The summed E-state index contributed by atoms with van der Waals surface area (Å²) in [5, 5.41) is 10.2. The standard InChI is InChI=1S/C12H24O2/c1-10(2,3)9(13)8-12(7,14)11(4,5)6/h14H,8H2,1-7H3. The Balaban J connectivity index is 4.62. The van der Waals surface area contributed by atoms with Crippen LogP contribution in [0, 0.1) is 10.8 Å². The third-order valence-electron chi connectivity index (χ3n) is 2.96. The lowest BCUT2D eigenvalue weighted by atomic mass is 9.72. The molecule has 1 unspecified atom stereocenters. The largest absolute Gasteiger partial charge is 0.389 e. The van der Waals surface area contributed by atoms with E-state index in [9.17, 15) is 9.90 Å². The molecule has 0 aromatic heterocycles. The van der Waals surface area contributed by atoms with Gasteiger partial charge in [0.05, 0.1) is 5.60 Å². The molecule has 2 nitrogen and oxygen atoms in total. The highest BCUT2D eigenvalue weighted by molar-refractivity contribution is 5.84. The Hall–Kier alpha value is -0.370. The van der Waals surface area contributed by atoms with Gasteiger partial charge in [0.15, 0.2) is 0 Å². The Morgan fingerprint density at radius 2 is 1.36 bits per heavy atom. The topological polar surface area (TPSA) is 37.3 Å². The van der Waals surface area contributed by atoms with Crippen LogP contribution in [0.15, 0.2) is 0 Å². The van der Waals surface area contributed by atoms with Crippen molar-refractivity contribution in [3.05, 3.63) is 0 Å². The van der Waals surface area contributed by atoms with Gasteiger partial charge < -0.3 is 5.11 Å². The van der Waals surface area contributed by atoms with Gasteiger partial charge in [0.25, 0.3) is 0 Å². The number of ketones is 1. The molecule has 14 heavy (non-hydrogen) atoms. The van der Waals surface area contributed by atoms with E-state index in [0.717, 1.165) is 0 Å². The molecule has 0 aliphatic heterocycles. The SMILES string of the molecule is CC(C)(C)C(=O)CC(C)(O)C(C)(C)C. The molecule has 0 aliphatic rings. The van der Waals surface area contributed by atoms with Crippen molar-refractivity contribution in [3.63, 3.8) is 0 Å². The fourth-order valence-electron chi connectivity index (χ4n) is 0.843. The molecule has 0 heterocycles. The van der Waals surface area contributed by atoms with Gasteiger partial charge >= 0.3 is 0 Å². The van der Waals surface area contributed by atoms with E-state index >= 15 is 0 Å². The lowest BCUT2D eigenvalue weighted by Gasteiger charge is -2.38. The second-order valence-corrected chi connectivity index (χ2v) is 6.37. The monoisotopic (exact) mass is 200 g/mol. The number of carbonyl (C=O) groups excluding carboxylic acids is 1. The molecular formula is C12H24O2. The zero-order valence-corrected chi connectivity index (χ0v) is 10.6. The van der Waals surface area contributed by atoms with Crippen molar-refractivity contribution in [3.8, 4) is 0 Å². The summed E-state index contributed by atoms with van der Waals surface area (Å²) in [6.07, 6.45) is 0.222. The first kappa shape index (κ1) is 13.6. The highest BCUT2D eigenvalue weighted by Crippen LogP contribution is 2.35. The molecule has 0 fully saturated rings. The second kappa shape index (κ2) is 3.65. The van der Waals surface area contributed by atoms with Crippen molar-refractivity contribution in [1.82, 2.24) is 0 Å². The summed E-state index contributed by atoms with van der Waals surface area (Å²) >= 11 is 0. The maximum atomic E-state index is 11.8. The minimum absolute atomic E-state index is 0.109. The third-order valence-corrected chi connectivity index (χ3v) is 2.96. The van der Waals surface area contributed by atoms with Gasteiger partial charge in [-0.1, -0.05) is 41.5 Å². The van der Waals surface area contributed by atoms with E-state index in [4.69, 9.17) is 0 Å². The van der Waals surface area contributed by atoms with Crippen molar-refractivity contribution in [2.45, 2.75) is 60.5 Å². The van der Waals surface area contributed by atoms with Gasteiger partial charge in [-0.05, 0) is 12.3 Å². The van der Waals surface area contributed by atoms with Crippen LogP contribution in [0.2, 0.25) is 0 Å².